The number of sulfone groups is 1. The number of aromatic nitrogens is 4. The maximum atomic E-state index is 13.3. The molecule has 1 atom stereocenters. The molecule has 0 fully saturated rings. The molecule has 16 heteroatoms. The summed E-state index contributed by atoms with van der Waals surface area (Å²) in [6.45, 7) is 2.95. The summed E-state index contributed by atoms with van der Waals surface area (Å²) >= 11 is 0.962. The summed E-state index contributed by atoms with van der Waals surface area (Å²) in [5.74, 6) is -0.945. The summed E-state index contributed by atoms with van der Waals surface area (Å²) in [4.78, 5) is 34.5. The third-order valence-electron chi connectivity index (χ3n) is 4.94. The number of thiazole rings is 1. The molecule has 3 aromatic rings. The zero-order valence-electron chi connectivity index (χ0n) is 19.9. The monoisotopic (exact) mass is 555 g/mol. The number of nitrogens with zero attached hydrogens (tertiary/aromatic N) is 6. The van der Waals surface area contributed by atoms with Gasteiger partial charge in [-0.25, -0.2) is 18.4 Å². The summed E-state index contributed by atoms with van der Waals surface area (Å²) in [5.41, 5.74) is -1.79. The van der Waals surface area contributed by atoms with E-state index in [1.165, 1.54) is 29.7 Å². The molecule has 37 heavy (non-hydrogen) atoms. The van der Waals surface area contributed by atoms with Crippen LogP contribution in [0.25, 0.3) is 5.13 Å². The van der Waals surface area contributed by atoms with Crippen LogP contribution in [0.2, 0.25) is 0 Å². The minimum absolute atomic E-state index is 0.126. The van der Waals surface area contributed by atoms with E-state index < -0.39 is 49.9 Å². The van der Waals surface area contributed by atoms with Gasteiger partial charge in [-0.1, -0.05) is 11.3 Å². The number of hydrogen-bond donors (Lipinski definition) is 1. The van der Waals surface area contributed by atoms with E-state index >= 15 is 0 Å². The largest absolute Gasteiger partial charge is 0.416 e. The first-order valence-electron chi connectivity index (χ1n) is 10.4. The molecule has 1 N–H and O–H groups in total. The number of alkyl halides is 3. The lowest BCUT2D eigenvalue weighted by atomic mass is 10.1. The molecule has 2 aromatic heterocycles. The summed E-state index contributed by atoms with van der Waals surface area (Å²) in [7, 11) is -2.58. The Balaban J connectivity index is 1.92. The molecule has 0 aliphatic rings. The standard InChI is InChI=1S/C21H20F3N7O4S2/c1-11(27-18(32)13-7-14(21(22,23)24)9-15(8-13)37(4,34)35)17-28-12(2)29-31(17)20-26-10-16(36-20)19(33)30(3)6-5-25/h7-11H,6H2,1-4H3,(H,27,32)/t11-/m0/s1. The van der Waals surface area contributed by atoms with Gasteiger partial charge in [0.05, 0.1) is 28.8 Å². The molecule has 3 rings (SSSR count). The van der Waals surface area contributed by atoms with Crippen molar-refractivity contribution in [2.45, 2.75) is 31.0 Å². The van der Waals surface area contributed by atoms with Crippen molar-refractivity contribution in [3.05, 3.63) is 52.0 Å². The highest BCUT2D eigenvalue weighted by Crippen LogP contribution is 2.32. The molecule has 0 saturated heterocycles. The number of carbonyl (C=O) groups excluding carboxylic acids is 2. The molecular weight excluding hydrogens is 535 g/mol. The van der Waals surface area contributed by atoms with Gasteiger partial charge in [-0.05, 0) is 32.0 Å². The molecule has 11 nitrogen and oxygen atoms in total. The van der Waals surface area contributed by atoms with Gasteiger partial charge in [0.2, 0.25) is 5.13 Å². The molecule has 0 radical (unpaired) electrons. The van der Waals surface area contributed by atoms with Crippen molar-refractivity contribution < 1.29 is 31.2 Å². The number of halogens is 3. The molecular formula is C21H20F3N7O4S2. The lowest BCUT2D eigenvalue weighted by Crippen LogP contribution is -2.29. The number of carbonyl (C=O) groups is 2. The second-order valence-electron chi connectivity index (χ2n) is 7.97. The van der Waals surface area contributed by atoms with E-state index in [1.807, 2.05) is 6.07 Å². The van der Waals surface area contributed by atoms with Crippen LogP contribution in [-0.4, -0.2) is 64.7 Å². The third-order valence-corrected chi connectivity index (χ3v) is 6.99. The Morgan fingerprint density at radius 2 is 1.97 bits per heavy atom. The SMILES string of the molecule is Cc1nc([C@H](C)NC(=O)c2cc(C(F)(F)F)cc(S(C)(=O)=O)c2)n(-c2ncc(C(=O)N(C)CC#N)s2)n1. The normalized spacial score (nSPS) is 12.6. The summed E-state index contributed by atoms with van der Waals surface area (Å²) in [6.07, 6.45) is -2.83. The van der Waals surface area contributed by atoms with Crippen molar-refractivity contribution in [3.8, 4) is 11.2 Å². The second-order valence-corrected chi connectivity index (χ2v) is 11.0. The van der Waals surface area contributed by atoms with Crippen LogP contribution < -0.4 is 5.32 Å². The molecule has 2 amide bonds. The van der Waals surface area contributed by atoms with Gasteiger partial charge in [0.25, 0.3) is 11.8 Å². The predicted octanol–water partition coefficient (Wildman–Crippen LogP) is 2.54. The van der Waals surface area contributed by atoms with E-state index in [4.69, 9.17) is 5.26 Å². The number of nitrogens with one attached hydrogen (secondary N) is 1. The Bertz CT molecular complexity index is 1510. The fourth-order valence-corrected chi connectivity index (χ4v) is 4.69. The van der Waals surface area contributed by atoms with E-state index in [0.29, 0.717) is 18.0 Å². The second kappa shape index (κ2) is 10.3. The maximum absolute atomic E-state index is 13.3. The Kier molecular flexibility index (Phi) is 7.70. The van der Waals surface area contributed by atoms with Gasteiger partial charge in [-0.2, -0.15) is 23.1 Å². The van der Waals surface area contributed by atoms with Crippen molar-refractivity contribution in [2.75, 3.05) is 19.8 Å². The minimum atomic E-state index is -4.88. The van der Waals surface area contributed by atoms with E-state index in [9.17, 15) is 31.2 Å². The molecule has 0 aliphatic heterocycles. The summed E-state index contributed by atoms with van der Waals surface area (Å²) < 4.78 is 65.0. The Hall–Kier alpha value is -3.84. The van der Waals surface area contributed by atoms with Crippen molar-refractivity contribution in [3.63, 3.8) is 0 Å². The van der Waals surface area contributed by atoms with Crippen LogP contribution >= 0.6 is 11.3 Å². The highest BCUT2D eigenvalue weighted by atomic mass is 32.2. The van der Waals surface area contributed by atoms with Gasteiger partial charge in [-0.15, -0.1) is 5.10 Å². The molecule has 1 aromatic carbocycles. The van der Waals surface area contributed by atoms with Crippen molar-refractivity contribution in [1.29, 1.82) is 5.26 Å². The van der Waals surface area contributed by atoms with E-state index in [2.05, 4.69) is 20.4 Å². The van der Waals surface area contributed by atoms with Crippen molar-refractivity contribution >= 4 is 33.0 Å². The lowest BCUT2D eigenvalue weighted by Gasteiger charge is -2.15. The van der Waals surface area contributed by atoms with Crippen LogP contribution in [0.15, 0.2) is 29.3 Å². The van der Waals surface area contributed by atoms with Crippen LogP contribution in [0.5, 0.6) is 0 Å². The zero-order valence-corrected chi connectivity index (χ0v) is 21.5. The number of nitriles is 1. The Labute approximate surface area is 213 Å². The first kappa shape index (κ1) is 27.7. The van der Waals surface area contributed by atoms with Crippen LogP contribution in [0, 0.1) is 18.3 Å². The van der Waals surface area contributed by atoms with Gasteiger partial charge in [0, 0.05) is 18.9 Å². The lowest BCUT2D eigenvalue weighted by molar-refractivity contribution is -0.137. The average molecular weight is 556 g/mol. The number of rotatable bonds is 7. The molecule has 0 unspecified atom stereocenters. The van der Waals surface area contributed by atoms with E-state index in [-0.39, 0.29) is 22.4 Å². The van der Waals surface area contributed by atoms with Gasteiger partial charge >= 0.3 is 6.18 Å². The minimum Gasteiger partial charge on any atom is -0.342 e. The third kappa shape index (κ3) is 6.30. The van der Waals surface area contributed by atoms with Gasteiger partial charge in [0.1, 0.15) is 17.2 Å². The first-order valence-corrected chi connectivity index (χ1v) is 13.1. The van der Waals surface area contributed by atoms with Crippen molar-refractivity contribution in [1.82, 2.24) is 30.0 Å². The average Bonchev–Trinajstić information content (AvgIpc) is 3.44. The van der Waals surface area contributed by atoms with Gasteiger partial charge in [0.15, 0.2) is 15.7 Å². The van der Waals surface area contributed by atoms with Gasteiger partial charge in [-0.3, -0.25) is 9.59 Å². The van der Waals surface area contributed by atoms with E-state index in [1.54, 1.807) is 6.92 Å². The number of amides is 2. The smallest absolute Gasteiger partial charge is 0.342 e. The Morgan fingerprint density at radius 1 is 1.30 bits per heavy atom. The predicted molar refractivity (Wildman–Crippen MR) is 125 cm³/mol. The summed E-state index contributed by atoms with van der Waals surface area (Å²) in [6, 6.07) is 2.84. The van der Waals surface area contributed by atoms with Crippen LogP contribution in [0.1, 0.15) is 50.2 Å². The first-order chi connectivity index (χ1) is 17.1. The highest BCUT2D eigenvalue weighted by molar-refractivity contribution is 7.90. The maximum Gasteiger partial charge on any atom is 0.416 e. The molecule has 2 heterocycles. The number of aryl methyl sites for hydroxylation is 1. The summed E-state index contributed by atoms with van der Waals surface area (Å²) in [5, 5.41) is 15.7. The molecule has 0 spiro atoms. The fraction of sp³-hybridized carbons (Fsp3) is 0.333. The van der Waals surface area contributed by atoms with Crippen LogP contribution in [-0.2, 0) is 16.0 Å². The van der Waals surface area contributed by atoms with Crippen LogP contribution in [0.3, 0.4) is 0 Å². The topological polar surface area (TPSA) is 151 Å². The Morgan fingerprint density at radius 3 is 2.57 bits per heavy atom. The zero-order chi connectivity index (χ0) is 27.7. The number of benzene rings is 1. The molecule has 0 saturated carbocycles. The fourth-order valence-electron chi connectivity index (χ4n) is 3.13. The quantitative estimate of drug-likeness (QED) is 0.437. The van der Waals surface area contributed by atoms with Crippen LogP contribution in [0.4, 0.5) is 13.2 Å². The number of hydrogen-bond acceptors (Lipinski definition) is 9. The van der Waals surface area contributed by atoms with Gasteiger partial charge < -0.3 is 10.2 Å². The highest BCUT2D eigenvalue weighted by Gasteiger charge is 2.33. The van der Waals surface area contributed by atoms with Crippen molar-refractivity contribution in [2.24, 2.45) is 0 Å². The molecule has 196 valence electrons. The molecule has 0 aliphatic carbocycles. The van der Waals surface area contributed by atoms with E-state index in [0.717, 1.165) is 23.7 Å². The molecule has 0 bridgehead atoms.